The summed E-state index contributed by atoms with van der Waals surface area (Å²) >= 11 is 0. The summed E-state index contributed by atoms with van der Waals surface area (Å²) in [5, 5.41) is 14.3. The first-order chi connectivity index (χ1) is 11.8. The highest BCUT2D eigenvalue weighted by atomic mass is 16.2. The lowest BCUT2D eigenvalue weighted by molar-refractivity contribution is -0.123. The van der Waals surface area contributed by atoms with Crippen LogP contribution in [0.1, 0.15) is 38.3 Å². The van der Waals surface area contributed by atoms with Crippen LogP contribution in [0.2, 0.25) is 0 Å². The minimum atomic E-state index is -0.466. The second-order valence-corrected chi connectivity index (χ2v) is 6.76. The van der Waals surface area contributed by atoms with Gasteiger partial charge in [0.25, 0.3) is 0 Å². The van der Waals surface area contributed by atoms with Gasteiger partial charge in [-0.3, -0.25) is 9.59 Å². The van der Waals surface area contributed by atoms with Crippen LogP contribution in [0.3, 0.4) is 0 Å². The average molecular weight is 335 g/mol. The largest absolute Gasteiger partial charge is 0.326 e. The number of amides is 2. The molecule has 5 nitrogen and oxygen atoms in total. The number of nitrogens with zero attached hydrogens (tertiary/aromatic N) is 1. The maximum Gasteiger partial charge on any atom is 0.233 e. The lowest BCUT2D eigenvalue weighted by Gasteiger charge is -2.19. The van der Waals surface area contributed by atoms with E-state index < -0.39 is 11.8 Å². The first kappa shape index (κ1) is 18.2. The summed E-state index contributed by atoms with van der Waals surface area (Å²) in [6, 6.07) is 16.2. The zero-order valence-electron chi connectivity index (χ0n) is 14.6. The number of anilines is 2. The number of benzene rings is 2. The smallest absolute Gasteiger partial charge is 0.233 e. The first-order valence-corrected chi connectivity index (χ1v) is 7.99. The summed E-state index contributed by atoms with van der Waals surface area (Å²) in [7, 11) is 0. The highest BCUT2D eigenvalue weighted by Crippen LogP contribution is 2.23. The summed E-state index contributed by atoms with van der Waals surface area (Å²) in [6.45, 7) is 6.35. The van der Waals surface area contributed by atoms with Crippen molar-refractivity contribution < 1.29 is 9.59 Å². The fourth-order valence-corrected chi connectivity index (χ4v) is 2.29. The lowest BCUT2D eigenvalue weighted by Crippen LogP contribution is -2.22. The quantitative estimate of drug-likeness (QED) is 0.833. The fraction of sp³-hybridized carbons (Fsp3) is 0.250. The summed E-state index contributed by atoms with van der Waals surface area (Å²) in [5.74, 6) is -0.873. The zero-order valence-corrected chi connectivity index (χ0v) is 14.6. The maximum atomic E-state index is 12.0. The highest BCUT2D eigenvalue weighted by molar-refractivity contribution is 6.08. The molecular formula is C20H21N3O2. The van der Waals surface area contributed by atoms with E-state index in [9.17, 15) is 9.59 Å². The summed E-state index contributed by atoms with van der Waals surface area (Å²) in [6.07, 6.45) is -0.319. The molecule has 0 saturated carbocycles. The van der Waals surface area contributed by atoms with E-state index in [1.807, 2.05) is 30.3 Å². The van der Waals surface area contributed by atoms with Crippen LogP contribution >= 0.6 is 0 Å². The number of hydrogen-bond acceptors (Lipinski definition) is 3. The Morgan fingerprint density at radius 1 is 0.960 bits per heavy atom. The van der Waals surface area contributed by atoms with Crippen LogP contribution in [0.15, 0.2) is 48.5 Å². The molecule has 0 aliphatic heterocycles. The van der Waals surface area contributed by atoms with Crippen LogP contribution < -0.4 is 10.6 Å². The van der Waals surface area contributed by atoms with Gasteiger partial charge in [0.1, 0.15) is 12.5 Å². The number of rotatable bonds is 4. The summed E-state index contributed by atoms with van der Waals surface area (Å²) < 4.78 is 0. The van der Waals surface area contributed by atoms with Crippen molar-refractivity contribution in [2.45, 2.75) is 32.6 Å². The van der Waals surface area contributed by atoms with E-state index in [1.165, 1.54) is 0 Å². The third-order valence-electron chi connectivity index (χ3n) is 3.68. The van der Waals surface area contributed by atoms with E-state index in [0.29, 0.717) is 16.9 Å². The summed E-state index contributed by atoms with van der Waals surface area (Å²) in [4.78, 5) is 24.0. The van der Waals surface area contributed by atoms with Crippen LogP contribution in [-0.2, 0) is 15.0 Å². The number of para-hydroxylation sites is 1. The van der Waals surface area contributed by atoms with Crippen LogP contribution in [0.4, 0.5) is 11.4 Å². The molecule has 0 aromatic heterocycles. The van der Waals surface area contributed by atoms with Crippen LogP contribution in [-0.4, -0.2) is 11.8 Å². The van der Waals surface area contributed by atoms with Gasteiger partial charge >= 0.3 is 0 Å². The van der Waals surface area contributed by atoms with Crippen molar-refractivity contribution >= 4 is 23.2 Å². The molecule has 2 aromatic rings. The van der Waals surface area contributed by atoms with Crippen LogP contribution in [0.25, 0.3) is 0 Å². The van der Waals surface area contributed by atoms with Crippen molar-refractivity contribution in [3.63, 3.8) is 0 Å². The molecule has 2 amide bonds. The third kappa shape index (κ3) is 5.18. The molecule has 0 saturated heterocycles. The van der Waals surface area contributed by atoms with Crippen molar-refractivity contribution in [1.29, 1.82) is 5.26 Å². The third-order valence-corrected chi connectivity index (χ3v) is 3.68. The Labute approximate surface area is 147 Å². The number of hydrogen-bond donors (Lipinski definition) is 2. The molecule has 0 aliphatic carbocycles. The molecule has 0 heterocycles. The molecule has 0 spiro atoms. The first-order valence-electron chi connectivity index (χ1n) is 7.99. The minimum absolute atomic E-state index is 0.0383. The SMILES string of the molecule is CC(C)(C)c1ccc(NC(=O)CC(=O)Nc2ccccc2C#N)cc1. The summed E-state index contributed by atoms with van der Waals surface area (Å²) in [5.41, 5.74) is 2.60. The second-order valence-electron chi connectivity index (χ2n) is 6.76. The molecule has 0 atom stereocenters. The van der Waals surface area contributed by atoms with Gasteiger partial charge in [0.15, 0.2) is 0 Å². The van der Waals surface area contributed by atoms with Gasteiger partial charge in [0.05, 0.1) is 11.3 Å². The number of nitriles is 1. The van der Waals surface area contributed by atoms with E-state index in [-0.39, 0.29) is 11.8 Å². The standard InChI is InChI=1S/C20H21N3O2/c1-20(2,3)15-8-10-16(11-9-15)22-18(24)12-19(25)23-17-7-5-4-6-14(17)13-21/h4-11H,12H2,1-3H3,(H,22,24)(H,23,25). The lowest BCUT2D eigenvalue weighted by atomic mass is 9.87. The van der Waals surface area contributed by atoms with Crippen molar-refractivity contribution in [1.82, 2.24) is 0 Å². The molecule has 5 heteroatoms. The predicted molar refractivity (Wildman–Crippen MR) is 98.2 cm³/mol. The van der Waals surface area contributed by atoms with Crippen LogP contribution in [0.5, 0.6) is 0 Å². The average Bonchev–Trinajstić information content (AvgIpc) is 2.54. The van der Waals surface area contributed by atoms with E-state index in [1.54, 1.807) is 24.3 Å². The Kier molecular flexibility index (Phi) is 5.56. The Hall–Kier alpha value is -3.13. The van der Waals surface area contributed by atoms with E-state index in [2.05, 4.69) is 31.4 Å². The van der Waals surface area contributed by atoms with E-state index >= 15 is 0 Å². The normalized spacial score (nSPS) is 10.6. The van der Waals surface area contributed by atoms with Gasteiger partial charge < -0.3 is 10.6 Å². The minimum Gasteiger partial charge on any atom is -0.326 e. The number of carbonyl (C=O) groups excluding carboxylic acids is 2. The van der Waals surface area contributed by atoms with Gasteiger partial charge in [-0.05, 0) is 35.2 Å². The maximum absolute atomic E-state index is 12.0. The zero-order chi connectivity index (χ0) is 18.4. The van der Waals surface area contributed by atoms with Crippen molar-refractivity contribution in [3.05, 3.63) is 59.7 Å². The van der Waals surface area contributed by atoms with Crippen molar-refractivity contribution in [2.75, 3.05) is 10.6 Å². The van der Waals surface area contributed by atoms with Gasteiger partial charge in [0.2, 0.25) is 11.8 Å². The molecule has 0 bridgehead atoms. The molecule has 2 rings (SSSR count). The molecular weight excluding hydrogens is 314 g/mol. The van der Waals surface area contributed by atoms with Gasteiger partial charge in [-0.15, -0.1) is 0 Å². The molecule has 0 unspecified atom stereocenters. The molecule has 2 aromatic carbocycles. The Morgan fingerprint density at radius 2 is 1.56 bits per heavy atom. The van der Waals surface area contributed by atoms with Gasteiger partial charge in [0, 0.05) is 5.69 Å². The predicted octanol–water partition coefficient (Wildman–Crippen LogP) is 3.82. The molecule has 0 fully saturated rings. The van der Waals surface area contributed by atoms with Gasteiger partial charge in [-0.2, -0.15) is 5.26 Å². The van der Waals surface area contributed by atoms with Crippen LogP contribution in [0, 0.1) is 11.3 Å². The number of nitrogens with one attached hydrogen (secondary N) is 2. The molecule has 128 valence electrons. The van der Waals surface area contributed by atoms with Crippen molar-refractivity contribution in [3.8, 4) is 6.07 Å². The molecule has 0 aliphatic rings. The molecule has 0 radical (unpaired) electrons. The fourth-order valence-electron chi connectivity index (χ4n) is 2.29. The topological polar surface area (TPSA) is 82.0 Å². The molecule has 25 heavy (non-hydrogen) atoms. The van der Waals surface area contributed by atoms with Gasteiger partial charge in [-0.25, -0.2) is 0 Å². The Morgan fingerprint density at radius 3 is 2.16 bits per heavy atom. The van der Waals surface area contributed by atoms with Gasteiger partial charge in [-0.1, -0.05) is 45.0 Å². The Bertz CT molecular complexity index is 812. The Balaban J connectivity index is 1.94. The number of carbonyl (C=O) groups is 2. The van der Waals surface area contributed by atoms with Crippen molar-refractivity contribution in [2.24, 2.45) is 0 Å². The molecule has 2 N–H and O–H groups in total. The second kappa shape index (κ2) is 7.63. The highest BCUT2D eigenvalue weighted by Gasteiger charge is 2.14. The van der Waals surface area contributed by atoms with E-state index in [0.717, 1.165) is 5.56 Å². The van der Waals surface area contributed by atoms with E-state index in [4.69, 9.17) is 5.26 Å². The monoisotopic (exact) mass is 335 g/mol.